The SMILES string of the molecule is CCNCCS(=O)(=O)Nc1ccc(N(C)C)cc1. The average molecular weight is 271 g/mol. The molecule has 1 aromatic carbocycles. The van der Waals surface area contributed by atoms with E-state index in [9.17, 15) is 8.42 Å². The Labute approximate surface area is 109 Å². The highest BCUT2D eigenvalue weighted by atomic mass is 32.2. The predicted molar refractivity (Wildman–Crippen MR) is 76.7 cm³/mol. The van der Waals surface area contributed by atoms with Gasteiger partial charge in [-0.3, -0.25) is 4.72 Å². The molecule has 0 atom stereocenters. The number of hydrogen-bond acceptors (Lipinski definition) is 4. The van der Waals surface area contributed by atoms with Crippen LogP contribution in [0.1, 0.15) is 6.92 Å². The van der Waals surface area contributed by atoms with E-state index >= 15 is 0 Å². The van der Waals surface area contributed by atoms with Crippen LogP contribution in [0.2, 0.25) is 0 Å². The van der Waals surface area contributed by atoms with E-state index in [4.69, 9.17) is 0 Å². The average Bonchev–Trinajstić information content (AvgIpc) is 2.29. The summed E-state index contributed by atoms with van der Waals surface area (Å²) < 4.78 is 26.0. The summed E-state index contributed by atoms with van der Waals surface area (Å²) in [6, 6.07) is 7.28. The van der Waals surface area contributed by atoms with Gasteiger partial charge < -0.3 is 10.2 Å². The summed E-state index contributed by atoms with van der Waals surface area (Å²) in [7, 11) is 0.614. The molecule has 0 aliphatic rings. The van der Waals surface area contributed by atoms with E-state index in [0.717, 1.165) is 12.2 Å². The molecular weight excluding hydrogens is 250 g/mol. The van der Waals surface area contributed by atoms with E-state index in [1.807, 2.05) is 38.1 Å². The molecule has 0 aliphatic carbocycles. The smallest absolute Gasteiger partial charge is 0.233 e. The zero-order valence-electron chi connectivity index (χ0n) is 11.1. The quantitative estimate of drug-likeness (QED) is 0.729. The molecule has 102 valence electrons. The lowest BCUT2D eigenvalue weighted by Gasteiger charge is -2.13. The van der Waals surface area contributed by atoms with Crippen molar-refractivity contribution in [3.05, 3.63) is 24.3 Å². The van der Waals surface area contributed by atoms with Gasteiger partial charge in [0, 0.05) is 32.0 Å². The van der Waals surface area contributed by atoms with E-state index in [-0.39, 0.29) is 5.75 Å². The Morgan fingerprint density at radius 3 is 2.28 bits per heavy atom. The van der Waals surface area contributed by atoms with Crippen LogP contribution in [0.4, 0.5) is 11.4 Å². The Morgan fingerprint density at radius 2 is 1.78 bits per heavy atom. The molecule has 0 fully saturated rings. The molecule has 0 amide bonds. The van der Waals surface area contributed by atoms with Crippen molar-refractivity contribution >= 4 is 21.4 Å². The van der Waals surface area contributed by atoms with Crippen molar-refractivity contribution in [2.24, 2.45) is 0 Å². The maximum atomic E-state index is 11.7. The number of benzene rings is 1. The van der Waals surface area contributed by atoms with Gasteiger partial charge in [-0.05, 0) is 30.8 Å². The number of sulfonamides is 1. The second-order valence-electron chi connectivity index (χ2n) is 4.22. The first kappa shape index (κ1) is 14.8. The van der Waals surface area contributed by atoms with Crippen LogP contribution in [0, 0.1) is 0 Å². The van der Waals surface area contributed by atoms with E-state index in [1.54, 1.807) is 12.1 Å². The van der Waals surface area contributed by atoms with Gasteiger partial charge in [-0.25, -0.2) is 8.42 Å². The van der Waals surface area contributed by atoms with E-state index < -0.39 is 10.0 Å². The molecule has 6 heteroatoms. The lowest BCUT2D eigenvalue weighted by molar-refractivity contribution is 0.597. The summed E-state index contributed by atoms with van der Waals surface area (Å²) in [5.41, 5.74) is 1.63. The number of hydrogen-bond donors (Lipinski definition) is 2. The van der Waals surface area contributed by atoms with Crippen molar-refractivity contribution in [1.29, 1.82) is 0 Å². The summed E-state index contributed by atoms with van der Waals surface area (Å²) in [6.45, 7) is 3.18. The maximum absolute atomic E-state index is 11.7. The van der Waals surface area contributed by atoms with Gasteiger partial charge in [-0.2, -0.15) is 0 Å². The van der Waals surface area contributed by atoms with Crippen LogP contribution in [0.3, 0.4) is 0 Å². The Bertz CT molecular complexity index is 455. The topological polar surface area (TPSA) is 61.4 Å². The molecular formula is C12H21N3O2S. The Balaban J connectivity index is 2.61. The number of anilines is 2. The molecule has 1 rings (SSSR count). The van der Waals surface area contributed by atoms with Crippen LogP contribution < -0.4 is 14.9 Å². The van der Waals surface area contributed by atoms with Crippen LogP contribution in [0.15, 0.2) is 24.3 Å². The monoisotopic (exact) mass is 271 g/mol. The van der Waals surface area contributed by atoms with E-state index in [0.29, 0.717) is 12.2 Å². The van der Waals surface area contributed by atoms with E-state index in [2.05, 4.69) is 10.0 Å². The molecule has 0 radical (unpaired) electrons. The zero-order chi connectivity index (χ0) is 13.6. The minimum Gasteiger partial charge on any atom is -0.378 e. The number of nitrogens with zero attached hydrogens (tertiary/aromatic N) is 1. The molecule has 18 heavy (non-hydrogen) atoms. The van der Waals surface area contributed by atoms with Crippen molar-refractivity contribution in [3.8, 4) is 0 Å². The van der Waals surface area contributed by atoms with Gasteiger partial charge in [0.1, 0.15) is 0 Å². The fourth-order valence-electron chi connectivity index (χ4n) is 1.44. The van der Waals surface area contributed by atoms with Gasteiger partial charge in [0.2, 0.25) is 10.0 Å². The van der Waals surface area contributed by atoms with Gasteiger partial charge >= 0.3 is 0 Å². The molecule has 0 heterocycles. The largest absolute Gasteiger partial charge is 0.378 e. The summed E-state index contributed by atoms with van der Waals surface area (Å²) in [4.78, 5) is 1.96. The molecule has 0 saturated heterocycles. The molecule has 0 spiro atoms. The molecule has 0 saturated carbocycles. The van der Waals surface area contributed by atoms with Crippen LogP contribution in [-0.2, 0) is 10.0 Å². The zero-order valence-corrected chi connectivity index (χ0v) is 11.9. The summed E-state index contributed by atoms with van der Waals surface area (Å²) in [5.74, 6) is 0.0796. The van der Waals surface area contributed by atoms with Gasteiger partial charge in [0.05, 0.1) is 5.75 Å². The Morgan fingerprint density at radius 1 is 1.17 bits per heavy atom. The third kappa shape index (κ3) is 4.93. The molecule has 2 N–H and O–H groups in total. The van der Waals surface area contributed by atoms with Gasteiger partial charge in [-0.1, -0.05) is 6.92 Å². The van der Waals surface area contributed by atoms with Crippen LogP contribution in [0.5, 0.6) is 0 Å². The van der Waals surface area contributed by atoms with Crippen molar-refractivity contribution in [1.82, 2.24) is 5.32 Å². The minimum absolute atomic E-state index is 0.0796. The molecule has 0 aliphatic heterocycles. The Hall–Kier alpha value is -1.27. The maximum Gasteiger partial charge on any atom is 0.233 e. The first-order chi connectivity index (χ1) is 8.44. The second-order valence-corrected chi connectivity index (χ2v) is 6.06. The molecule has 0 unspecified atom stereocenters. The highest BCUT2D eigenvalue weighted by Gasteiger charge is 2.09. The van der Waals surface area contributed by atoms with E-state index in [1.165, 1.54) is 0 Å². The highest BCUT2D eigenvalue weighted by Crippen LogP contribution is 2.16. The molecule has 0 bridgehead atoms. The van der Waals surface area contributed by atoms with Crippen molar-refractivity contribution in [2.75, 3.05) is 42.6 Å². The van der Waals surface area contributed by atoms with Crippen molar-refractivity contribution < 1.29 is 8.42 Å². The summed E-state index contributed by atoms with van der Waals surface area (Å²) in [5, 5.41) is 2.99. The molecule has 0 aromatic heterocycles. The van der Waals surface area contributed by atoms with Gasteiger partial charge in [-0.15, -0.1) is 0 Å². The molecule has 5 nitrogen and oxygen atoms in total. The standard InChI is InChI=1S/C12H21N3O2S/c1-4-13-9-10-18(16,17)14-11-5-7-12(8-6-11)15(2)3/h5-8,13-14H,4,9-10H2,1-3H3. The van der Waals surface area contributed by atoms with Crippen LogP contribution >= 0.6 is 0 Å². The summed E-state index contributed by atoms with van der Waals surface area (Å²) in [6.07, 6.45) is 0. The Kier molecular flexibility index (Phi) is 5.43. The highest BCUT2D eigenvalue weighted by molar-refractivity contribution is 7.92. The third-order valence-electron chi connectivity index (χ3n) is 2.45. The first-order valence-electron chi connectivity index (χ1n) is 5.93. The van der Waals surface area contributed by atoms with Gasteiger partial charge in [0.25, 0.3) is 0 Å². The number of nitrogens with one attached hydrogen (secondary N) is 2. The number of rotatable bonds is 7. The van der Waals surface area contributed by atoms with Crippen LogP contribution in [0.25, 0.3) is 0 Å². The van der Waals surface area contributed by atoms with Gasteiger partial charge in [0.15, 0.2) is 0 Å². The molecule has 1 aromatic rings. The lowest BCUT2D eigenvalue weighted by atomic mass is 10.3. The summed E-state index contributed by atoms with van der Waals surface area (Å²) >= 11 is 0. The predicted octanol–water partition coefficient (Wildman–Crippen LogP) is 1.10. The van der Waals surface area contributed by atoms with Crippen molar-refractivity contribution in [2.45, 2.75) is 6.92 Å². The fraction of sp³-hybridized carbons (Fsp3) is 0.500. The normalized spacial score (nSPS) is 11.3. The first-order valence-corrected chi connectivity index (χ1v) is 7.58. The fourth-order valence-corrected chi connectivity index (χ4v) is 2.45. The van der Waals surface area contributed by atoms with Crippen LogP contribution in [-0.4, -0.2) is 41.4 Å². The minimum atomic E-state index is -3.27. The third-order valence-corrected chi connectivity index (χ3v) is 3.74. The van der Waals surface area contributed by atoms with Crippen molar-refractivity contribution in [3.63, 3.8) is 0 Å². The lowest BCUT2D eigenvalue weighted by Crippen LogP contribution is -2.26. The second kappa shape index (κ2) is 6.61.